The molecule has 0 radical (unpaired) electrons. The van der Waals surface area contributed by atoms with E-state index in [9.17, 15) is 0 Å². The van der Waals surface area contributed by atoms with Crippen LogP contribution in [0.25, 0.3) is 16.5 Å². The number of nitrogens with zero attached hydrogens (tertiary/aromatic N) is 3. The molecule has 5 heteroatoms. The van der Waals surface area contributed by atoms with Crippen LogP contribution in [-0.4, -0.2) is 22.0 Å². The zero-order chi connectivity index (χ0) is 13.2. The molecule has 1 N–H and O–H groups in total. The van der Waals surface area contributed by atoms with Crippen molar-refractivity contribution in [1.82, 2.24) is 20.3 Å². The van der Waals surface area contributed by atoms with Crippen LogP contribution in [0.5, 0.6) is 0 Å². The minimum absolute atomic E-state index is 0.734. The van der Waals surface area contributed by atoms with Crippen molar-refractivity contribution in [2.45, 2.75) is 6.54 Å². The fourth-order valence-electron chi connectivity index (χ4n) is 2.19. The molecule has 0 aliphatic rings. The Bertz CT molecular complexity index is 720. The molecule has 4 nitrogen and oxygen atoms in total. The zero-order valence-electron chi connectivity index (χ0n) is 10.5. The molecule has 19 heavy (non-hydrogen) atoms. The maximum absolute atomic E-state index is 4.20. The Kier molecular flexibility index (Phi) is 3.31. The maximum atomic E-state index is 4.20. The van der Waals surface area contributed by atoms with Gasteiger partial charge in [-0.05, 0) is 24.6 Å². The van der Waals surface area contributed by atoms with Gasteiger partial charge in [0.2, 0.25) is 0 Å². The Morgan fingerprint density at radius 2 is 1.95 bits per heavy atom. The van der Waals surface area contributed by atoms with Crippen LogP contribution < -0.4 is 5.32 Å². The van der Waals surface area contributed by atoms with E-state index in [0.717, 1.165) is 27.8 Å². The molecule has 3 rings (SSSR count). The molecule has 0 saturated heterocycles. The summed E-state index contributed by atoms with van der Waals surface area (Å²) in [5.41, 5.74) is 2.08. The molecule has 0 bridgehead atoms. The molecule has 0 aliphatic heterocycles. The monoisotopic (exact) mass is 316 g/mol. The summed E-state index contributed by atoms with van der Waals surface area (Å²) in [6, 6.07) is 12.4. The molecule has 2 aromatic carbocycles. The Morgan fingerprint density at radius 1 is 1.16 bits per heavy atom. The van der Waals surface area contributed by atoms with Crippen LogP contribution in [0.4, 0.5) is 0 Å². The van der Waals surface area contributed by atoms with Crippen molar-refractivity contribution < 1.29 is 0 Å². The lowest BCUT2D eigenvalue weighted by Crippen LogP contribution is -2.11. The third-order valence-electron chi connectivity index (χ3n) is 3.05. The molecular weight excluding hydrogens is 304 g/mol. The highest BCUT2D eigenvalue weighted by atomic mass is 79.9. The van der Waals surface area contributed by atoms with Crippen LogP contribution >= 0.6 is 15.9 Å². The van der Waals surface area contributed by atoms with Crippen LogP contribution in [0.2, 0.25) is 0 Å². The van der Waals surface area contributed by atoms with Crippen molar-refractivity contribution in [3.8, 4) is 5.69 Å². The molecule has 1 aromatic heterocycles. The lowest BCUT2D eigenvalue weighted by molar-refractivity contribution is 0.717. The number of fused-ring (bicyclic) bond motifs is 1. The van der Waals surface area contributed by atoms with Crippen LogP contribution in [0.3, 0.4) is 0 Å². The molecule has 0 amide bonds. The first kappa shape index (κ1) is 12.3. The van der Waals surface area contributed by atoms with Gasteiger partial charge in [-0.15, -0.1) is 5.10 Å². The lowest BCUT2D eigenvalue weighted by atomic mass is 10.1. The fourth-order valence-corrected chi connectivity index (χ4v) is 2.67. The zero-order valence-corrected chi connectivity index (χ0v) is 12.1. The van der Waals surface area contributed by atoms with Crippen molar-refractivity contribution >= 4 is 26.7 Å². The molecule has 0 unspecified atom stereocenters. The molecule has 0 saturated carbocycles. The summed E-state index contributed by atoms with van der Waals surface area (Å²) in [7, 11) is 1.91. The first-order valence-electron chi connectivity index (χ1n) is 6.03. The molecule has 0 atom stereocenters. The third kappa shape index (κ3) is 2.15. The topological polar surface area (TPSA) is 42.7 Å². The van der Waals surface area contributed by atoms with Crippen molar-refractivity contribution in [1.29, 1.82) is 0 Å². The standard InChI is InChI=1S/C14H13BrN4/c1-16-8-10-9-17-18-19(10)14-7-6-13(15)11-4-2-3-5-12(11)14/h2-7,9,16H,8H2,1H3. The average molecular weight is 317 g/mol. The van der Waals surface area contributed by atoms with Crippen molar-refractivity contribution in [3.05, 3.63) is 52.8 Å². The maximum Gasteiger partial charge on any atom is 0.0783 e. The number of rotatable bonds is 3. The van der Waals surface area contributed by atoms with E-state index in [0.29, 0.717) is 0 Å². The second-order valence-corrected chi connectivity index (χ2v) is 5.13. The molecule has 0 fully saturated rings. The predicted octanol–water partition coefficient (Wildman–Crippen LogP) is 2.90. The molecule has 3 aromatic rings. The molecule has 0 aliphatic carbocycles. The molecule has 0 spiro atoms. The average Bonchev–Trinajstić information content (AvgIpc) is 2.88. The fraction of sp³-hybridized carbons (Fsp3) is 0.143. The second kappa shape index (κ2) is 5.11. The summed E-state index contributed by atoms with van der Waals surface area (Å²) >= 11 is 3.59. The van der Waals surface area contributed by atoms with Gasteiger partial charge in [0.15, 0.2) is 0 Å². The van der Waals surface area contributed by atoms with Gasteiger partial charge in [0.25, 0.3) is 0 Å². The number of nitrogens with one attached hydrogen (secondary N) is 1. The van der Waals surface area contributed by atoms with E-state index in [1.807, 2.05) is 29.9 Å². The number of halogens is 1. The summed E-state index contributed by atoms with van der Waals surface area (Å²) in [5, 5.41) is 13.7. The van der Waals surface area contributed by atoms with E-state index in [-0.39, 0.29) is 0 Å². The van der Waals surface area contributed by atoms with Crippen LogP contribution in [0.1, 0.15) is 5.69 Å². The van der Waals surface area contributed by atoms with Crippen LogP contribution in [0.15, 0.2) is 47.1 Å². The summed E-state index contributed by atoms with van der Waals surface area (Å²) < 4.78 is 2.97. The van der Waals surface area contributed by atoms with Gasteiger partial charge >= 0.3 is 0 Å². The summed E-state index contributed by atoms with van der Waals surface area (Å²) in [6.45, 7) is 0.734. The number of hydrogen-bond donors (Lipinski definition) is 1. The van der Waals surface area contributed by atoms with E-state index in [1.165, 1.54) is 5.39 Å². The van der Waals surface area contributed by atoms with Crippen LogP contribution in [0, 0.1) is 0 Å². The second-order valence-electron chi connectivity index (χ2n) is 4.28. The van der Waals surface area contributed by atoms with Gasteiger partial charge in [0, 0.05) is 16.4 Å². The molecular formula is C14H13BrN4. The smallest absolute Gasteiger partial charge is 0.0783 e. The van der Waals surface area contributed by atoms with Gasteiger partial charge in [0.1, 0.15) is 0 Å². The van der Waals surface area contributed by atoms with Crippen LogP contribution in [-0.2, 0) is 6.54 Å². The van der Waals surface area contributed by atoms with Gasteiger partial charge in [0.05, 0.1) is 17.6 Å². The van der Waals surface area contributed by atoms with Crippen molar-refractivity contribution in [2.75, 3.05) is 7.05 Å². The normalized spacial score (nSPS) is 11.1. The van der Waals surface area contributed by atoms with Gasteiger partial charge in [-0.1, -0.05) is 45.4 Å². The Labute approximate surface area is 119 Å². The van der Waals surface area contributed by atoms with E-state index in [2.05, 4.69) is 49.8 Å². The summed E-state index contributed by atoms with van der Waals surface area (Å²) in [5.74, 6) is 0. The molecule has 1 heterocycles. The Hall–Kier alpha value is -1.72. The quantitative estimate of drug-likeness (QED) is 0.808. The highest BCUT2D eigenvalue weighted by Gasteiger charge is 2.10. The SMILES string of the molecule is CNCc1cnnn1-c1ccc(Br)c2ccccc12. The number of hydrogen-bond acceptors (Lipinski definition) is 3. The van der Waals surface area contributed by atoms with E-state index >= 15 is 0 Å². The van der Waals surface area contributed by atoms with Gasteiger partial charge in [-0.25, -0.2) is 4.68 Å². The van der Waals surface area contributed by atoms with Crippen molar-refractivity contribution in [2.24, 2.45) is 0 Å². The van der Waals surface area contributed by atoms with Gasteiger partial charge < -0.3 is 5.32 Å². The first-order chi connectivity index (χ1) is 9.31. The van der Waals surface area contributed by atoms with E-state index in [4.69, 9.17) is 0 Å². The number of benzene rings is 2. The minimum atomic E-state index is 0.734. The van der Waals surface area contributed by atoms with E-state index < -0.39 is 0 Å². The van der Waals surface area contributed by atoms with Gasteiger partial charge in [-0.3, -0.25) is 0 Å². The largest absolute Gasteiger partial charge is 0.314 e. The first-order valence-corrected chi connectivity index (χ1v) is 6.82. The Balaban J connectivity index is 2.25. The third-order valence-corrected chi connectivity index (χ3v) is 3.75. The van der Waals surface area contributed by atoms with E-state index in [1.54, 1.807) is 6.20 Å². The highest BCUT2D eigenvalue weighted by molar-refractivity contribution is 9.10. The molecule has 96 valence electrons. The van der Waals surface area contributed by atoms with Crippen molar-refractivity contribution in [3.63, 3.8) is 0 Å². The summed E-state index contributed by atoms with van der Waals surface area (Å²) in [6.07, 6.45) is 1.79. The minimum Gasteiger partial charge on any atom is -0.314 e. The Morgan fingerprint density at radius 3 is 2.74 bits per heavy atom. The predicted molar refractivity (Wildman–Crippen MR) is 79.3 cm³/mol. The van der Waals surface area contributed by atoms with Gasteiger partial charge in [-0.2, -0.15) is 0 Å². The summed E-state index contributed by atoms with van der Waals surface area (Å²) in [4.78, 5) is 0. The number of aromatic nitrogens is 3. The lowest BCUT2D eigenvalue weighted by Gasteiger charge is -2.10. The highest BCUT2D eigenvalue weighted by Crippen LogP contribution is 2.29.